The molecule has 1 unspecified atom stereocenters. The minimum atomic E-state index is 0.0173. The third kappa shape index (κ3) is 3.30. The van der Waals surface area contributed by atoms with E-state index in [4.69, 9.17) is 0 Å². The number of carbonyl (C=O) groups is 1. The van der Waals surface area contributed by atoms with Gasteiger partial charge in [-0.1, -0.05) is 24.6 Å². The van der Waals surface area contributed by atoms with Gasteiger partial charge in [-0.25, -0.2) is 0 Å². The average molecular weight is 232 g/mol. The van der Waals surface area contributed by atoms with Crippen molar-refractivity contribution in [1.82, 2.24) is 10.2 Å². The second-order valence-electron chi connectivity index (χ2n) is 4.61. The minimum Gasteiger partial charge on any atom is -0.337 e. The van der Waals surface area contributed by atoms with Crippen molar-refractivity contribution in [3.8, 4) is 0 Å². The maximum Gasteiger partial charge on any atom is 0.252 e. The van der Waals surface area contributed by atoms with Crippen LogP contribution < -0.4 is 5.32 Å². The Bertz CT molecular complexity index is 358. The van der Waals surface area contributed by atoms with Crippen LogP contribution in [0.5, 0.6) is 0 Å². The van der Waals surface area contributed by atoms with Gasteiger partial charge in [0.25, 0.3) is 5.91 Å². The van der Waals surface area contributed by atoms with Gasteiger partial charge in [-0.15, -0.1) is 0 Å². The summed E-state index contributed by atoms with van der Waals surface area (Å²) >= 11 is 0. The largest absolute Gasteiger partial charge is 0.337 e. The summed E-state index contributed by atoms with van der Waals surface area (Å²) in [7, 11) is 0. The number of piperidine rings is 1. The monoisotopic (exact) mass is 232 g/mol. The third-order valence-electron chi connectivity index (χ3n) is 3.31. The maximum atomic E-state index is 12.0. The van der Waals surface area contributed by atoms with Crippen molar-refractivity contribution < 1.29 is 4.79 Å². The van der Waals surface area contributed by atoms with Crippen molar-refractivity contribution in [3.05, 3.63) is 35.9 Å². The fraction of sp³-hybridized carbons (Fsp3) is 0.500. The van der Waals surface area contributed by atoms with E-state index in [1.54, 1.807) is 0 Å². The van der Waals surface area contributed by atoms with Gasteiger partial charge in [0.1, 0.15) is 0 Å². The predicted molar refractivity (Wildman–Crippen MR) is 68.8 cm³/mol. The molecular weight excluding hydrogens is 212 g/mol. The summed E-state index contributed by atoms with van der Waals surface area (Å²) in [5.41, 5.74) is 0.733. The van der Waals surface area contributed by atoms with Gasteiger partial charge in [-0.2, -0.15) is 0 Å². The number of hydrogen-bond acceptors (Lipinski definition) is 2. The lowest BCUT2D eigenvalue weighted by Crippen LogP contribution is -2.48. The van der Waals surface area contributed by atoms with Gasteiger partial charge in [-0.3, -0.25) is 9.69 Å². The number of rotatable bonds is 3. The molecular formula is C14H20N2O. The number of benzene rings is 1. The average Bonchev–Trinajstić information content (AvgIpc) is 2.40. The van der Waals surface area contributed by atoms with Gasteiger partial charge >= 0.3 is 0 Å². The number of nitrogens with one attached hydrogen (secondary N) is 1. The van der Waals surface area contributed by atoms with Gasteiger partial charge in [0.05, 0.1) is 6.17 Å². The van der Waals surface area contributed by atoms with Crippen molar-refractivity contribution in [3.63, 3.8) is 0 Å². The standard InChI is InChI=1S/C14H20N2O/c1-12(16-10-6-3-7-11-16)15-14(17)13-8-4-2-5-9-13/h2,4-5,8-9,12H,3,6-7,10-11H2,1H3,(H,15,17). The molecule has 1 heterocycles. The second kappa shape index (κ2) is 5.82. The summed E-state index contributed by atoms with van der Waals surface area (Å²) < 4.78 is 0. The number of likely N-dealkylation sites (tertiary alicyclic amines) is 1. The zero-order chi connectivity index (χ0) is 12.1. The van der Waals surface area contributed by atoms with Gasteiger partial charge in [0, 0.05) is 18.7 Å². The molecule has 1 atom stereocenters. The molecule has 3 nitrogen and oxygen atoms in total. The lowest BCUT2D eigenvalue weighted by atomic mass is 10.1. The fourth-order valence-corrected chi connectivity index (χ4v) is 2.26. The van der Waals surface area contributed by atoms with E-state index in [9.17, 15) is 4.79 Å². The molecule has 1 saturated heterocycles. The molecule has 3 heteroatoms. The highest BCUT2D eigenvalue weighted by atomic mass is 16.1. The molecule has 1 N–H and O–H groups in total. The topological polar surface area (TPSA) is 32.3 Å². The molecule has 1 fully saturated rings. The van der Waals surface area contributed by atoms with Gasteiger partial charge < -0.3 is 5.32 Å². The van der Waals surface area contributed by atoms with Crippen LogP contribution in [0.25, 0.3) is 0 Å². The number of carbonyl (C=O) groups excluding carboxylic acids is 1. The molecule has 17 heavy (non-hydrogen) atoms. The summed E-state index contributed by atoms with van der Waals surface area (Å²) in [6, 6.07) is 9.39. The quantitative estimate of drug-likeness (QED) is 0.867. The molecule has 0 spiro atoms. The normalized spacial score (nSPS) is 18.6. The van der Waals surface area contributed by atoms with Crippen molar-refractivity contribution in [1.29, 1.82) is 0 Å². The number of nitrogens with zero attached hydrogens (tertiary/aromatic N) is 1. The van der Waals surface area contributed by atoms with Crippen LogP contribution in [0.1, 0.15) is 36.5 Å². The van der Waals surface area contributed by atoms with Crippen LogP contribution in [0.15, 0.2) is 30.3 Å². The van der Waals surface area contributed by atoms with E-state index in [1.165, 1.54) is 19.3 Å². The first kappa shape index (κ1) is 12.1. The van der Waals surface area contributed by atoms with Crippen LogP contribution in [0.4, 0.5) is 0 Å². The number of hydrogen-bond donors (Lipinski definition) is 1. The summed E-state index contributed by atoms with van der Waals surface area (Å²) in [6.45, 7) is 4.25. The zero-order valence-electron chi connectivity index (χ0n) is 10.4. The predicted octanol–water partition coefficient (Wildman–Crippen LogP) is 2.25. The van der Waals surface area contributed by atoms with Crippen LogP contribution >= 0.6 is 0 Å². The Kier molecular flexibility index (Phi) is 4.15. The van der Waals surface area contributed by atoms with Crippen molar-refractivity contribution in [2.75, 3.05) is 13.1 Å². The first-order valence-corrected chi connectivity index (χ1v) is 6.37. The molecule has 1 aliphatic heterocycles. The third-order valence-corrected chi connectivity index (χ3v) is 3.31. The molecule has 1 amide bonds. The summed E-state index contributed by atoms with van der Waals surface area (Å²) in [4.78, 5) is 14.3. The first-order valence-electron chi connectivity index (χ1n) is 6.37. The van der Waals surface area contributed by atoms with Crippen LogP contribution in [0.3, 0.4) is 0 Å². The van der Waals surface area contributed by atoms with Crippen molar-refractivity contribution >= 4 is 5.91 Å². The van der Waals surface area contributed by atoms with E-state index in [0.717, 1.165) is 18.7 Å². The zero-order valence-corrected chi connectivity index (χ0v) is 10.4. The Morgan fingerprint density at radius 3 is 2.47 bits per heavy atom. The lowest BCUT2D eigenvalue weighted by molar-refractivity contribution is 0.0839. The Morgan fingerprint density at radius 2 is 1.82 bits per heavy atom. The molecule has 92 valence electrons. The van der Waals surface area contributed by atoms with Crippen LogP contribution in [0.2, 0.25) is 0 Å². The SMILES string of the molecule is CC(NC(=O)c1ccccc1)N1CCCCC1. The van der Waals surface area contributed by atoms with Gasteiger partial charge in [0.2, 0.25) is 0 Å². The highest BCUT2D eigenvalue weighted by molar-refractivity contribution is 5.94. The molecule has 2 rings (SSSR count). The lowest BCUT2D eigenvalue weighted by Gasteiger charge is -2.32. The van der Waals surface area contributed by atoms with Gasteiger partial charge in [-0.05, 0) is 31.9 Å². The molecule has 0 aliphatic carbocycles. The highest BCUT2D eigenvalue weighted by Gasteiger charge is 2.18. The van der Waals surface area contributed by atoms with E-state index in [2.05, 4.69) is 17.1 Å². The van der Waals surface area contributed by atoms with E-state index in [1.807, 2.05) is 30.3 Å². The molecule has 1 aliphatic rings. The Balaban J connectivity index is 1.89. The van der Waals surface area contributed by atoms with E-state index >= 15 is 0 Å². The molecule has 0 bridgehead atoms. The number of amides is 1. The Labute approximate surface area is 103 Å². The van der Waals surface area contributed by atoms with Crippen LogP contribution in [0, 0.1) is 0 Å². The van der Waals surface area contributed by atoms with Crippen molar-refractivity contribution in [2.45, 2.75) is 32.4 Å². The Morgan fingerprint density at radius 1 is 1.18 bits per heavy atom. The summed E-state index contributed by atoms with van der Waals surface area (Å²) in [6.07, 6.45) is 3.93. The highest BCUT2D eigenvalue weighted by Crippen LogP contribution is 2.11. The van der Waals surface area contributed by atoms with Crippen molar-refractivity contribution in [2.24, 2.45) is 0 Å². The molecule has 0 saturated carbocycles. The summed E-state index contributed by atoms with van der Waals surface area (Å²) in [5, 5.41) is 3.05. The smallest absolute Gasteiger partial charge is 0.252 e. The maximum absolute atomic E-state index is 12.0. The summed E-state index contributed by atoms with van der Waals surface area (Å²) in [5.74, 6) is 0.0173. The second-order valence-corrected chi connectivity index (χ2v) is 4.61. The van der Waals surface area contributed by atoms with E-state index < -0.39 is 0 Å². The fourth-order valence-electron chi connectivity index (χ4n) is 2.26. The first-order chi connectivity index (χ1) is 8.27. The van der Waals surface area contributed by atoms with Gasteiger partial charge in [0.15, 0.2) is 0 Å². The molecule has 1 aromatic rings. The van der Waals surface area contributed by atoms with E-state index in [-0.39, 0.29) is 12.1 Å². The Hall–Kier alpha value is -1.35. The molecule has 0 radical (unpaired) electrons. The molecule has 0 aromatic heterocycles. The minimum absolute atomic E-state index is 0.0173. The molecule has 1 aromatic carbocycles. The van der Waals surface area contributed by atoms with Crippen LogP contribution in [-0.2, 0) is 0 Å². The van der Waals surface area contributed by atoms with Crippen LogP contribution in [-0.4, -0.2) is 30.1 Å². The van der Waals surface area contributed by atoms with E-state index in [0.29, 0.717) is 0 Å².